The third-order valence-corrected chi connectivity index (χ3v) is 3.09. The van der Waals surface area contributed by atoms with E-state index in [0.717, 1.165) is 5.56 Å². The molecule has 2 heterocycles. The molecule has 0 fully saturated rings. The first-order valence-electron chi connectivity index (χ1n) is 6.71. The van der Waals surface area contributed by atoms with Gasteiger partial charge in [-0.3, -0.25) is 5.43 Å². The number of nitrogens with two attached hydrogens (primary N) is 1. The lowest BCUT2D eigenvalue weighted by Gasteiger charge is -2.03. The van der Waals surface area contributed by atoms with E-state index in [1.807, 2.05) is 30.3 Å². The lowest BCUT2D eigenvalue weighted by atomic mass is 10.2. The zero-order chi connectivity index (χ0) is 16.2. The van der Waals surface area contributed by atoms with E-state index in [-0.39, 0.29) is 11.6 Å². The number of rotatable bonds is 5. The highest BCUT2D eigenvalue weighted by atomic mass is 16.6. The predicted octanol–water partition coefficient (Wildman–Crippen LogP) is 1.14. The Kier molecular flexibility index (Phi) is 3.83. The molecule has 9 nitrogen and oxygen atoms in total. The van der Waals surface area contributed by atoms with E-state index < -0.39 is 0 Å². The first-order chi connectivity index (χ1) is 11.2. The molecule has 0 bridgehead atoms. The van der Waals surface area contributed by atoms with Crippen molar-refractivity contribution in [3.63, 3.8) is 0 Å². The van der Waals surface area contributed by atoms with Crippen LogP contribution < -0.4 is 11.2 Å². The number of aromatic nitrogens is 5. The van der Waals surface area contributed by atoms with Crippen molar-refractivity contribution in [1.29, 1.82) is 0 Å². The summed E-state index contributed by atoms with van der Waals surface area (Å²) in [5, 5.41) is 19.4. The number of nitrogens with one attached hydrogen (secondary N) is 1. The Labute approximate surface area is 131 Å². The maximum atomic E-state index is 5.65. The highest BCUT2D eigenvalue weighted by Crippen LogP contribution is 2.17. The lowest BCUT2D eigenvalue weighted by Crippen LogP contribution is -2.07. The molecule has 2 aromatic heterocycles. The third-order valence-electron chi connectivity index (χ3n) is 3.09. The van der Waals surface area contributed by atoms with Crippen molar-refractivity contribution in [3.8, 4) is 5.82 Å². The Morgan fingerprint density at radius 2 is 2.13 bits per heavy atom. The molecule has 0 unspecified atom stereocenters. The molecule has 23 heavy (non-hydrogen) atoms. The summed E-state index contributed by atoms with van der Waals surface area (Å²) in [5.74, 6) is 0.409. The summed E-state index contributed by atoms with van der Waals surface area (Å²) in [5.41, 5.74) is 11.2. The number of anilines is 1. The standard InChI is InChI=1S/C14H14N8O/c1-9(17-16-8-11-6-4-3-5-7-11)12-10(2)22(21-18-12)14-13(15)19-23-20-14/h3-8,17H,1H2,2H3,(H2,15,19). The Bertz CT molecular complexity index is 849. The van der Waals surface area contributed by atoms with Crippen LogP contribution in [0.15, 0.2) is 46.6 Å². The maximum Gasteiger partial charge on any atom is 0.243 e. The van der Waals surface area contributed by atoms with E-state index in [4.69, 9.17) is 5.73 Å². The summed E-state index contributed by atoms with van der Waals surface area (Å²) in [4.78, 5) is 0. The van der Waals surface area contributed by atoms with Crippen molar-refractivity contribution >= 4 is 17.7 Å². The van der Waals surface area contributed by atoms with E-state index in [1.54, 1.807) is 13.1 Å². The van der Waals surface area contributed by atoms with E-state index in [0.29, 0.717) is 17.1 Å². The third kappa shape index (κ3) is 2.93. The van der Waals surface area contributed by atoms with Gasteiger partial charge in [0.2, 0.25) is 11.6 Å². The van der Waals surface area contributed by atoms with Crippen molar-refractivity contribution in [3.05, 3.63) is 53.9 Å². The van der Waals surface area contributed by atoms with Crippen LogP contribution in [0.2, 0.25) is 0 Å². The maximum absolute atomic E-state index is 5.65. The van der Waals surface area contributed by atoms with Gasteiger partial charge in [-0.25, -0.2) is 4.63 Å². The van der Waals surface area contributed by atoms with E-state index in [2.05, 4.69) is 42.4 Å². The number of nitrogen functional groups attached to an aromatic ring is 1. The summed E-state index contributed by atoms with van der Waals surface area (Å²) < 4.78 is 5.99. The summed E-state index contributed by atoms with van der Waals surface area (Å²) in [6.45, 7) is 5.71. The van der Waals surface area contributed by atoms with Crippen molar-refractivity contribution < 1.29 is 4.63 Å². The first-order valence-corrected chi connectivity index (χ1v) is 6.71. The summed E-state index contributed by atoms with van der Waals surface area (Å²) in [6.07, 6.45) is 1.68. The minimum atomic E-state index is 0.130. The Morgan fingerprint density at radius 3 is 2.83 bits per heavy atom. The molecule has 0 atom stereocenters. The van der Waals surface area contributed by atoms with Crippen molar-refractivity contribution in [2.75, 3.05) is 5.73 Å². The fourth-order valence-corrected chi connectivity index (χ4v) is 1.92. The van der Waals surface area contributed by atoms with Crippen LogP contribution in [-0.4, -0.2) is 31.5 Å². The van der Waals surface area contributed by atoms with Gasteiger partial charge in [-0.1, -0.05) is 42.1 Å². The summed E-state index contributed by atoms with van der Waals surface area (Å²) in [6, 6.07) is 9.69. The van der Waals surface area contributed by atoms with Gasteiger partial charge in [0, 0.05) is 0 Å². The van der Waals surface area contributed by atoms with Crippen LogP contribution >= 0.6 is 0 Å². The van der Waals surface area contributed by atoms with Crippen LogP contribution in [0.4, 0.5) is 5.82 Å². The molecule has 116 valence electrons. The van der Waals surface area contributed by atoms with Crippen LogP contribution in [0.5, 0.6) is 0 Å². The molecule has 3 N–H and O–H groups in total. The second-order valence-electron chi connectivity index (χ2n) is 4.67. The van der Waals surface area contributed by atoms with Gasteiger partial charge in [0.1, 0.15) is 5.69 Å². The van der Waals surface area contributed by atoms with Gasteiger partial charge in [-0.15, -0.1) is 5.10 Å². The van der Waals surface area contributed by atoms with Gasteiger partial charge in [0.25, 0.3) is 0 Å². The molecule has 3 aromatic rings. The Balaban J connectivity index is 1.75. The second kappa shape index (κ2) is 6.10. The smallest absolute Gasteiger partial charge is 0.243 e. The zero-order valence-electron chi connectivity index (χ0n) is 12.3. The molecule has 0 saturated heterocycles. The van der Waals surface area contributed by atoms with E-state index >= 15 is 0 Å². The second-order valence-corrected chi connectivity index (χ2v) is 4.67. The molecule has 3 rings (SSSR count). The van der Waals surface area contributed by atoms with Crippen molar-refractivity contribution in [2.45, 2.75) is 6.92 Å². The largest absolute Gasteiger partial charge is 0.378 e. The zero-order valence-corrected chi connectivity index (χ0v) is 12.3. The molecular weight excluding hydrogens is 296 g/mol. The highest BCUT2D eigenvalue weighted by Gasteiger charge is 2.17. The summed E-state index contributed by atoms with van der Waals surface area (Å²) in [7, 11) is 0. The van der Waals surface area contributed by atoms with E-state index in [9.17, 15) is 0 Å². The molecule has 0 spiro atoms. The van der Waals surface area contributed by atoms with Crippen molar-refractivity contribution in [1.82, 2.24) is 30.7 Å². The molecule has 1 aromatic carbocycles. The minimum Gasteiger partial charge on any atom is -0.378 e. The van der Waals surface area contributed by atoms with Gasteiger partial charge >= 0.3 is 0 Å². The monoisotopic (exact) mass is 310 g/mol. The molecule has 0 aliphatic carbocycles. The number of hydrogen-bond donors (Lipinski definition) is 2. The van der Waals surface area contributed by atoms with Crippen LogP contribution in [0.1, 0.15) is 17.0 Å². The van der Waals surface area contributed by atoms with Gasteiger partial charge < -0.3 is 5.73 Å². The van der Waals surface area contributed by atoms with Crippen LogP contribution in [0, 0.1) is 6.92 Å². The van der Waals surface area contributed by atoms with Gasteiger partial charge in [0.15, 0.2) is 0 Å². The topological polar surface area (TPSA) is 120 Å². The van der Waals surface area contributed by atoms with Crippen LogP contribution in [-0.2, 0) is 0 Å². The quantitative estimate of drug-likeness (QED) is 0.535. The van der Waals surface area contributed by atoms with Gasteiger partial charge in [0.05, 0.1) is 17.6 Å². The minimum absolute atomic E-state index is 0.130. The van der Waals surface area contributed by atoms with Crippen LogP contribution in [0.3, 0.4) is 0 Å². The average molecular weight is 310 g/mol. The Morgan fingerprint density at radius 1 is 1.35 bits per heavy atom. The molecule has 9 heteroatoms. The van der Waals surface area contributed by atoms with Crippen LogP contribution in [0.25, 0.3) is 11.5 Å². The molecule has 0 saturated carbocycles. The SMILES string of the molecule is C=C(NN=Cc1ccccc1)c1nnn(-c2nonc2N)c1C. The molecule has 0 aliphatic heterocycles. The normalized spacial score (nSPS) is 11.0. The number of hydrazone groups is 1. The molecular formula is C14H14N8O. The number of benzene rings is 1. The fourth-order valence-electron chi connectivity index (χ4n) is 1.92. The molecule has 0 amide bonds. The Hall–Kier alpha value is -3.49. The number of hydrogen-bond acceptors (Lipinski definition) is 8. The van der Waals surface area contributed by atoms with Gasteiger partial charge in [-0.05, 0) is 22.8 Å². The predicted molar refractivity (Wildman–Crippen MR) is 84.6 cm³/mol. The first kappa shape index (κ1) is 14.4. The molecule has 0 radical (unpaired) electrons. The fraction of sp³-hybridized carbons (Fsp3) is 0.0714. The molecule has 0 aliphatic rings. The highest BCUT2D eigenvalue weighted by molar-refractivity contribution is 5.79. The number of nitrogens with zero attached hydrogens (tertiary/aromatic N) is 6. The summed E-state index contributed by atoms with van der Waals surface area (Å²) >= 11 is 0. The van der Waals surface area contributed by atoms with Gasteiger partial charge in [-0.2, -0.15) is 9.78 Å². The lowest BCUT2D eigenvalue weighted by molar-refractivity contribution is 0.306. The average Bonchev–Trinajstić information content (AvgIpc) is 3.14. The van der Waals surface area contributed by atoms with E-state index in [1.165, 1.54) is 4.68 Å². The van der Waals surface area contributed by atoms with Crippen molar-refractivity contribution in [2.24, 2.45) is 5.10 Å².